The second-order valence-electron chi connectivity index (χ2n) is 5.31. The molecule has 23 heavy (non-hydrogen) atoms. The van der Waals surface area contributed by atoms with E-state index in [4.69, 9.17) is 4.52 Å². The molecule has 3 aromatic rings. The van der Waals surface area contributed by atoms with E-state index in [1.807, 2.05) is 32.9 Å². The largest absolute Gasteiger partial charge is 0.338 e. The number of rotatable bonds is 5. The van der Waals surface area contributed by atoms with E-state index in [1.54, 1.807) is 11.8 Å². The SMILES string of the molecule is CCc1noc(C(C)Sc2nnc(C)n2-c2ccccc2C)n1. The molecule has 1 atom stereocenters. The van der Waals surface area contributed by atoms with Crippen LogP contribution in [-0.4, -0.2) is 24.9 Å². The molecule has 0 aliphatic rings. The van der Waals surface area contributed by atoms with Gasteiger partial charge in [0, 0.05) is 6.42 Å². The summed E-state index contributed by atoms with van der Waals surface area (Å²) in [5.74, 6) is 2.20. The van der Waals surface area contributed by atoms with E-state index >= 15 is 0 Å². The first kappa shape index (κ1) is 15.7. The maximum Gasteiger partial charge on any atom is 0.239 e. The van der Waals surface area contributed by atoms with E-state index in [-0.39, 0.29) is 5.25 Å². The molecular formula is C16H19N5OS. The average Bonchev–Trinajstić information content (AvgIpc) is 3.15. The molecule has 0 spiro atoms. The Hall–Kier alpha value is -2.15. The highest BCUT2D eigenvalue weighted by Gasteiger charge is 2.20. The third kappa shape index (κ3) is 3.14. The molecule has 0 aliphatic carbocycles. The maximum absolute atomic E-state index is 5.33. The van der Waals surface area contributed by atoms with Crippen LogP contribution in [0.2, 0.25) is 0 Å². The lowest BCUT2D eigenvalue weighted by Crippen LogP contribution is -2.02. The number of hydrogen-bond donors (Lipinski definition) is 0. The molecule has 0 saturated carbocycles. The van der Waals surface area contributed by atoms with Crippen molar-refractivity contribution in [3.63, 3.8) is 0 Å². The van der Waals surface area contributed by atoms with Crippen LogP contribution in [0, 0.1) is 13.8 Å². The van der Waals surface area contributed by atoms with Crippen LogP contribution in [0.3, 0.4) is 0 Å². The first-order valence-corrected chi connectivity index (χ1v) is 8.45. The predicted molar refractivity (Wildman–Crippen MR) is 88.8 cm³/mol. The van der Waals surface area contributed by atoms with Crippen molar-refractivity contribution in [1.82, 2.24) is 24.9 Å². The molecule has 6 nitrogen and oxygen atoms in total. The standard InChI is InChI=1S/C16H19N5OS/c1-5-14-17-15(22-20-14)11(3)23-16-19-18-12(4)21(16)13-9-7-6-8-10(13)2/h6-9,11H,5H2,1-4H3. The minimum absolute atomic E-state index is 0.00849. The topological polar surface area (TPSA) is 69.6 Å². The molecule has 2 heterocycles. The van der Waals surface area contributed by atoms with Gasteiger partial charge in [-0.3, -0.25) is 4.57 Å². The van der Waals surface area contributed by atoms with Crippen LogP contribution in [0.15, 0.2) is 33.9 Å². The number of benzene rings is 1. The van der Waals surface area contributed by atoms with Crippen LogP contribution in [0.1, 0.15) is 42.2 Å². The highest BCUT2D eigenvalue weighted by molar-refractivity contribution is 7.99. The average molecular weight is 329 g/mol. The number of thioether (sulfide) groups is 1. The Morgan fingerprint density at radius 2 is 2.00 bits per heavy atom. The monoisotopic (exact) mass is 329 g/mol. The summed E-state index contributed by atoms with van der Waals surface area (Å²) in [5.41, 5.74) is 2.26. The molecule has 0 aliphatic heterocycles. The van der Waals surface area contributed by atoms with Crippen molar-refractivity contribution in [2.75, 3.05) is 0 Å². The number of nitrogens with zero attached hydrogens (tertiary/aromatic N) is 5. The molecule has 0 N–H and O–H groups in total. The second-order valence-corrected chi connectivity index (χ2v) is 6.62. The lowest BCUT2D eigenvalue weighted by Gasteiger charge is -2.12. The van der Waals surface area contributed by atoms with Crippen LogP contribution >= 0.6 is 11.8 Å². The van der Waals surface area contributed by atoms with E-state index in [1.165, 1.54) is 5.56 Å². The summed E-state index contributed by atoms with van der Waals surface area (Å²) < 4.78 is 7.39. The lowest BCUT2D eigenvalue weighted by atomic mass is 10.2. The maximum atomic E-state index is 5.33. The van der Waals surface area contributed by atoms with Gasteiger partial charge in [-0.15, -0.1) is 10.2 Å². The zero-order chi connectivity index (χ0) is 16.4. The Morgan fingerprint density at radius 1 is 1.22 bits per heavy atom. The first-order valence-electron chi connectivity index (χ1n) is 7.57. The highest BCUT2D eigenvalue weighted by atomic mass is 32.2. The van der Waals surface area contributed by atoms with Gasteiger partial charge in [0.2, 0.25) is 5.89 Å². The van der Waals surface area contributed by atoms with Gasteiger partial charge in [0.1, 0.15) is 5.82 Å². The predicted octanol–water partition coefficient (Wildman–Crippen LogP) is 3.68. The van der Waals surface area contributed by atoms with Crippen molar-refractivity contribution >= 4 is 11.8 Å². The van der Waals surface area contributed by atoms with E-state index in [9.17, 15) is 0 Å². The Kier molecular flexibility index (Phi) is 4.47. The molecule has 120 valence electrons. The van der Waals surface area contributed by atoms with Crippen molar-refractivity contribution in [1.29, 1.82) is 0 Å². The molecule has 3 rings (SSSR count). The minimum Gasteiger partial charge on any atom is -0.338 e. The van der Waals surface area contributed by atoms with Gasteiger partial charge in [0.05, 0.1) is 10.9 Å². The van der Waals surface area contributed by atoms with Gasteiger partial charge in [-0.05, 0) is 32.4 Å². The van der Waals surface area contributed by atoms with Gasteiger partial charge in [-0.2, -0.15) is 4.98 Å². The van der Waals surface area contributed by atoms with E-state index in [0.29, 0.717) is 5.89 Å². The van der Waals surface area contributed by atoms with Gasteiger partial charge >= 0.3 is 0 Å². The number of hydrogen-bond acceptors (Lipinski definition) is 6. The molecular weight excluding hydrogens is 310 g/mol. The van der Waals surface area contributed by atoms with Crippen molar-refractivity contribution in [2.24, 2.45) is 0 Å². The summed E-state index contributed by atoms with van der Waals surface area (Å²) in [6.07, 6.45) is 0.763. The van der Waals surface area contributed by atoms with Gasteiger partial charge in [-0.1, -0.05) is 42.0 Å². The first-order chi connectivity index (χ1) is 11.1. The van der Waals surface area contributed by atoms with Crippen molar-refractivity contribution < 1.29 is 4.52 Å². The summed E-state index contributed by atoms with van der Waals surface area (Å²) in [6.45, 7) is 8.07. The third-order valence-electron chi connectivity index (χ3n) is 3.58. The molecule has 0 amide bonds. The Morgan fingerprint density at radius 3 is 2.70 bits per heavy atom. The summed E-state index contributed by atoms with van der Waals surface area (Å²) in [5, 5.41) is 13.3. The third-order valence-corrected chi connectivity index (χ3v) is 4.61. The summed E-state index contributed by atoms with van der Waals surface area (Å²) in [4.78, 5) is 4.40. The van der Waals surface area contributed by atoms with Crippen LogP contribution in [0.5, 0.6) is 0 Å². The molecule has 0 radical (unpaired) electrons. The number of aromatic nitrogens is 5. The van der Waals surface area contributed by atoms with Crippen molar-refractivity contribution in [2.45, 2.75) is 44.5 Å². The lowest BCUT2D eigenvalue weighted by molar-refractivity contribution is 0.375. The van der Waals surface area contributed by atoms with E-state index < -0.39 is 0 Å². The molecule has 0 bridgehead atoms. The van der Waals surface area contributed by atoms with Crippen LogP contribution in [0.25, 0.3) is 5.69 Å². The van der Waals surface area contributed by atoms with Gasteiger partial charge in [-0.25, -0.2) is 0 Å². The quantitative estimate of drug-likeness (QED) is 0.665. The Labute approximate surface area is 139 Å². The number of para-hydroxylation sites is 1. The van der Waals surface area contributed by atoms with E-state index in [2.05, 4.69) is 44.0 Å². The van der Waals surface area contributed by atoms with E-state index in [0.717, 1.165) is 28.9 Å². The minimum atomic E-state index is 0.00849. The van der Waals surface area contributed by atoms with Crippen molar-refractivity contribution in [3.8, 4) is 5.69 Å². The molecule has 2 aromatic heterocycles. The smallest absolute Gasteiger partial charge is 0.239 e. The summed E-state index contributed by atoms with van der Waals surface area (Å²) in [7, 11) is 0. The normalized spacial score (nSPS) is 12.5. The summed E-state index contributed by atoms with van der Waals surface area (Å²) >= 11 is 1.56. The van der Waals surface area contributed by atoms with Crippen LogP contribution in [0.4, 0.5) is 0 Å². The van der Waals surface area contributed by atoms with Crippen LogP contribution < -0.4 is 0 Å². The molecule has 1 aromatic carbocycles. The van der Waals surface area contributed by atoms with Gasteiger partial charge < -0.3 is 4.52 Å². The molecule has 7 heteroatoms. The fraction of sp³-hybridized carbons (Fsp3) is 0.375. The van der Waals surface area contributed by atoms with Crippen LogP contribution in [-0.2, 0) is 6.42 Å². The summed E-state index contributed by atoms with van der Waals surface area (Å²) in [6, 6.07) is 8.20. The van der Waals surface area contributed by atoms with Gasteiger partial charge in [0.15, 0.2) is 11.0 Å². The van der Waals surface area contributed by atoms with Gasteiger partial charge in [0.25, 0.3) is 0 Å². The van der Waals surface area contributed by atoms with Crippen molar-refractivity contribution in [3.05, 3.63) is 47.4 Å². The zero-order valence-electron chi connectivity index (χ0n) is 13.6. The molecule has 0 saturated heterocycles. The fourth-order valence-electron chi connectivity index (χ4n) is 2.30. The second kappa shape index (κ2) is 6.54. The molecule has 0 fully saturated rings. The highest BCUT2D eigenvalue weighted by Crippen LogP contribution is 2.34. The molecule has 1 unspecified atom stereocenters. The fourth-order valence-corrected chi connectivity index (χ4v) is 3.23. The Balaban J connectivity index is 1.91. The Bertz CT molecular complexity index is 810. The zero-order valence-corrected chi connectivity index (χ0v) is 14.5. The number of aryl methyl sites for hydroxylation is 3.